The van der Waals surface area contributed by atoms with Crippen molar-refractivity contribution in [1.82, 2.24) is 9.88 Å². The lowest BCUT2D eigenvalue weighted by Crippen LogP contribution is -2.41. The predicted molar refractivity (Wildman–Crippen MR) is 78.9 cm³/mol. The minimum atomic E-state index is 0.149. The molecule has 2 aliphatic heterocycles. The fourth-order valence-corrected chi connectivity index (χ4v) is 3.76. The van der Waals surface area contributed by atoms with Gasteiger partial charge in [-0.05, 0) is 44.7 Å². The van der Waals surface area contributed by atoms with Crippen molar-refractivity contribution >= 4 is 37.8 Å². The van der Waals surface area contributed by atoms with Gasteiger partial charge < -0.3 is 14.6 Å². The number of halogens is 2. The molecule has 0 radical (unpaired) electrons. The Kier molecular flexibility index (Phi) is 4.01. The first-order valence-corrected chi connectivity index (χ1v) is 8.16. The van der Waals surface area contributed by atoms with E-state index >= 15 is 0 Å². The highest BCUT2D eigenvalue weighted by atomic mass is 79.9. The topological polar surface area (TPSA) is 45.3 Å². The molecule has 0 saturated carbocycles. The summed E-state index contributed by atoms with van der Waals surface area (Å²) in [6.45, 7) is 2.95. The van der Waals surface area contributed by atoms with Crippen LogP contribution in [0.4, 0.5) is 0 Å². The fourth-order valence-electron chi connectivity index (χ4n) is 2.81. The van der Waals surface area contributed by atoms with Gasteiger partial charge in [-0.15, -0.1) is 0 Å². The molecule has 3 heterocycles. The van der Waals surface area contributed by atoms with Crippen molar-refractivity contribution in [3.8, 4) is 0 Å². The minimum Gasteiger partial charge on any atom is -0.381 e. The van der Waals surface area contributed by atoms with E-state index in [1.54, 1.807) is 0 Å². The van der Waals surface area contributed by atoms with Gasteiger partial charge in [0.2, 0.25) is 5.91 Å². The Hall–Kier alpha value is -0.330. The molecule has 19 heavy (non-hydrogen) atoms. The first kappa shape index (κ1) is 13.6. The van der Waals surface area contributed by atoms with Crippen molar-refractivity contribution < 1.29 is 9.53 Å². The Morgan fingerprint density at radius 3 is 2.79 bits per heavy atom. The van der Waals surface area contributed by atoms with Crippen molar-refractivity contribution in [2.24, 2.45) is 5.92 Å². The van der Waals surface area contributed by atoms with Crippen LogP contribution in [0.1, 0.15) is 24.1 Å². The molecule has 1 saturated heterocycles. The minimum absolute atomic E-state index is 0.149. The number of hydrogen-bond acceptors (Lipinski definition) is 2. The van der Waals surface area contributed by atoms with E-state index in [9.17, 15) is 4.79 Å². The molecule has 2 aliphatic rings. The largest absolute Gasteiger partial charge is 0.381 e. The number of fused-ring (bicyclic) bond motifs is 1. The van der Waals surface area contributed by atoms with Crippen molar-refractivity contribution in [3.05, 3.63) is 20.3 Å². The van der Waals surface area contributed by atoms with Crippen LogP contribution in [0.3, 0.4) is 0 Å². The molecule has 1 amide bonds. The summed E-state index contributed by atoms with van der Waals surface area (Å²) in [6.07, 6.45) is 2.62. The Morgan fingerprint density at radius 1 is 1.32 bits per heavy atom. The molecule has 0 bridgehead atoms. The fraction of sp³-hybridized carbons (Fsp3) is 0.615. The average molecular weight is 392 g/mol. The summed E-state index contributed by atoms with van der Waals surface area (Å²) >= 11 is 7.06. The molecule has 104 valence electrons. The summed E-state index contributed by atoms with van der Waals surface area (Å²) < 4.78 is 7.34. The van der Waals surface area contributed by atoms with Gasteiger partial charge in [0.05, 0.1) is 9.08 Å². The second kappa shape index (κ2) is 5.58. The van der Waals surface area contributed by atoms with Gasteiger partial charge in [0.15, 0.2) is 0 Å². The molecule has 1 aromatic heterocycles. The van der Waals surface area contributed by atoms with Crippen LogP contribution in [-0.2, 0) is 22.5 Å². The number of aromatic amines is 1. The van der Waals surface area contributed by atoms with Crippen molar-refractivity contribution in [1.29, 1.82) is 0 Å². The summed E-state index contributed by atoms with van der Waals surface area (Å²) in [4.78, 5) is 17.8. The molecule has 3 rings (SSSR count). The molecular weight excluding hydrogens is 376 g/mol. The van der Waals surface area contributed by atoms with Crippen LogP contribution in [0.15, 0.2) is 9.08 Å². The number of carbonyl (C=O) groups is 1. The molecule has 0 atom stereocenters. The number of aromatic nitrogens is 1. The van der Waals surface area contributed by atoms with Crippen molar-refractivity contribution in [2.45, 2.75) is 25.8 Å². The lowest BCUT2D eigenvalue weighted by molar-refractivity contribution is -0.139. The number of nitrogens with zero attached hydrogens (tertiary/aromatic N) is 1. The Labute approximate surface area is 129 Å². The first-order valence-electron chi connectivity index (χ1n) is 6.58. The Bertz CT molecular complexity index is 495. The molecule has 0 spiro atoms. The molecule has 0 aliphatic carbocycles. The number of H-pyrrole nitrogens is 1. The van der Waals surface area contributed by atoms with Gasteiger partial charge >= 0.3 is 0 Å². The van der Waals surface area contributed by atoms with E-state index in [4.69, 9.17) is 4.74 Å². The summed E-state index contributed by atoms with van der Waals surface area (Å²) in [6, 6.07) is 0. The van der Waals surface area contributed by atoms with Gasteiger partial charge in [-0.25, -0.2) is 0 Å². The van der Waals surface area contributed by atoms with E-state index in [2.05, 4.69) is 36.8 Å². The summed E-state index contributed by atoms with van der Waals surface area (Å²) in [5, 5.41) is 0. The maximum Gasteiger partial charge on any atom is 0.226 e. The molecule has 1 fully saturated rings. The van der Waals surface area contributed by atoms with Crippen LogP contribution < -0.4 is 0 Å². The van der Waals surface area contributed by atoms with Crippen molar-refractivity contribution in [2.75, 3.05) is 19.8 Å². The first-order chi connectivity index (χ1) is 9.16. The van der Waals surface area contributed by atoms with Gasteiger partial charge in [-0.2, -0.15) is 0 Å². The third-order valence-electron chi connectivity index (χ3n) is 3.95. The maximum atomic E-state index is 12.5. The zero-order valence-corrected chi connectivity index (χ0v) is 13.7. The Balaban J connectivity index is 1.74. The quantitative estimate of drug-likeness (QED) is 0.799. The van der Waals surface area contributed by atoms with E-state index in [1.165, 1.54) is 11.3 Å². The van der Waals surface area contributed by atoms with E-state index in [0.29, 0.717) is 6.54 Å². The van der Waals surface area contributed by atoms with Crippen LogP contribution in [-0.4, -0.2) is 35.5 Å². The van der Waals surface area contributed by atoms with Crippen molar-refractivity contribution in [3.63, 3.8) is 0 Å². The number of nitrogens with one attached hydrogen (secondary N) is 1. The molecule has 6 heteroatoms. The van der Waals surface area contributed by atoms with Gasteiger partial charge in [0.1, 0.15) is 0 Å². The summed E-state index contributed by atoms with van der Waals surface area (Å²) in [5.74, 6) is 0.439. The summed E-state index contributed by atoms with van der Waals surface area (Å²) in [7, 11) is 0. The van der Waals surface area contributed by atoms with Gasteiger partial charge in [0.25, 0.3) is 0 Å². The number of ether oxygens (including phenoxy) is 1. The molecule has 4 nitrogen and oxygen atoms in total. The van der Waals surface area contributed by atoms with Gasteiger partial charge in [0, 0.05) is 49.9 Å². The van der Waals surface area contributed by atoms with E-state index in [1.807, 2.05) is 4.90 Å². The number of rotatable bonds is 1. The van der Waals surface area contributed by atoms with E-state index < -0.39 is 0 Å². The normalized spacial score (nSPS) is 20.4. The smallest absolute Gasteiger partial charge is 0.226 e. The third-order valence-corrected chi connectivity index (χ3v) is 5.95. The SMILES string of the molecule is O=C(C1CCOCC1)N1CCc2[nH]c(Br)c(Br)c2C1. The summed E-state index contributed by atoms with van der Waals surface area (Å²) in [5.41, 5.74) is 2.44. The standard InChI is InChI=1S/C13H16Br2N2O2/c14-11-9-7-17(4-1-10(9)16-12(11)15)13(18)8-2-5-19-6-3-8/h8,16H,1-7H2. The van der Waals surface area contributed by atoms with E-state index in [0.717, 1.165) is 48.1 Å². The molecule has 0 unspecified atom stereocenters. The van der Waals surface area contributed by atoms with Crippen LogP contribution in [0.5, 0.6) is 0 Å². The zero-order chi connectivity index (χ0) is 13.4. The number of amides is 1. The van der Waals surface area contributed by atoms with Gasteiger partial charge in [-0.3, -0.25) is 4.79 Å². The predicted octanol–water partition coefficient (Wildman–Crippen LogP) is 2.85. The second-order valence-corrected chi connectivity index (χ2v) is 6.69. The lowest BCUT2D eigenvalue weighted by Gasteiger charge is -2.32. The number of carbonyl (C=O) groups excluding carboxylic acids is 1. The zero-order valence-electron chi connectivity index (χ0n) is 10.5. The van der Waals surface area contributed by atoms with Crippen LogP contribution in [0.25, 0.3) is 0 Å². The number of hydrogen-bond donors (Lipinski definition) is 1. The molecular formula is C13H16Br2N2O2. The maximum absolute atomic E-state index is 12.5. The Morgan fingerprint density at radius 2 is 2.05 bits per heavy atom. The highest BCUT2D eigenvalue weighted by Crippen LogP contribution is 2.33. The van der Waals surface area contributed by atoms with Crippen LogP contribution >= 0.6 is 31.9 Å². The molecule has 0 aromatic carbocycles. The second-order valence-electron chi connectivity index (χ2n) is 5.11. The monoisotopic (exact) mass is 390 g/mol. The van der Waals surface area contributed by atoms with Crippen LogP contribution in [0.2, 0.25) is 0 Å². The highest BCUT2D eigenvalue weighted by Gasteiger charge is 2.30. The molecule has 1 N–H and O–H groups in total. The lowest BCUT2D eigenvalue weighted by atomic mass is 9.97. The van der Waals surface area contributed by atoms with Gasteiger partial charge in [-0.1, -0.05) is 0 Å². The average Bonchev–Trinajstić information content (AvgIpc) is 2.74. The third kappa shape index (κ3) is 2.62. The highest BCUT2D eigenvalue weighted by molar-refractivity contribution is 9.13. The molecule has 1 aromatic rings. The van der Waals surface area contributed by atoms with Crippen LogP contribution in [0, 0.1) is 5.92 Å². The van der Waals surface area contributed by atoms with E-state index in [-0.39, 0.29) is 11.8 Å².